The molecule has 2 unspecified atom stereocenters. The summed E-state index contributed by atoms with van der Waals surface area (Å²) in [6, 6.07) is 0. The van der Waals surface area contributed by atoms with Gasteiger partial charge in [0, 0.05) is 6.42 Å². The monoisotopic (exact) mass is 162 g/mol. The highest BCUT2D eigenvalue weighted by molar-refractivity contribution is 5.75. The number of ether oxygens (including phenoxy) is 1. The number of aliphatic hydroxyl groups is 3. The zero-order valence-corrected chi connectivity index (χ0v) is 5.80. The van der Waals surface area contributed by atoms with Gasteiger partial charge in [0.1, 0.15) is 0 Å². The van der Waals surface area contributed by atoms with Gasteiger partial charge < -0.3 is 20.1 Å². The lowest BCUT2D eigenvalue weighted by Crippen LogP contribution is -2.46. The molecule has 0 aliphatic carbocycles. The van der Waals surface area contributed by atoms with Crippen LogP contribution in [-0.4, -0.2) is 46.2 Å². The van der Waals surface area contributed by atoms with Crippen molar-refractivity contribution in [1.29, 1.82) is 0 Å². The van der Waals surface area contributed by atoms with Crippen LogP contribution >= 0.6 is 0 Å². The van der Waals surface area contributed by atoms with Crippen LogP contribution in [0, 0.1) is 0 Å². The van der Waals surface area contributed by atoms with Crippen LogP contribution in [0.5, 0.6) is 0 Å². The van der Waals surface area contributed by atoms with Gasteiger partial charge in [0.15, 0.2) is 12.2 Å². The minimum absolute atomic E-state index is 0.0654. The highest BCUT2D eigenvalue weighted by Crippen LogP contribution is 2.14. The predicted molar refractivity (Wildman–Crippen MR) is 33.6 cm³/mol. The first-order valence-corrected chi connectivity index (χ1v) is 3.32. The molecule has 0 radical (unpaired) electrons. The van der Waals surface area contributed by atoms with Crippen LogP contribution in [0.2, 0.25) is 0 Å². The molecule has 1 aliphatic rings. The van der Waals surface area contributed by atoms with Gasteiger partial charge in [-0.3, -0.25) is 0 Å². The molecule has 1 aliphatic heterocycles. The van der Waals surface area contributed by atoms with E-state index in [4.69, 9.17) is 15.3 Å². The van der Waals surface area contributed by atoms with Crippen LogP contribution in [0.15, 0.2) is 0 Å². The average Bonchev–Trinajstić information content (AvgIpc) is 1.97. The lowest BCUT2D eigenvalue weighted by molar-refractivity contribution is -0.183. The summed E-state index contributed by atoms with van der Waals surface area (Å²) in [6.07, 6.45) is -3.17. The molecule has 5 nitrogen and oxygen atoms in total. The molecule has 0 saturated carbocycles. The van der Waals surface area contributed by atoms with Crippen molar-refractivity contribution in [3.63, 3.8) is 0 Å². The molecule has 0 aromatic carbocycles. The third-order valence-corrected chi connectivity index (χ3v) is 1.61. The van der Waals surface area contributed by atoms with Crippen molar-refractivity contribution >= 4 is 5.97 Å². The number of aliphatic hydroxyl groups excluding tert-OH is 3. The summed E-state index contributed by atoms with van der Waals surface area (Å²) < 4.78 is 4.47. The summed E-state index contributed by atoms with van der Waals surface area (Å²) >= 11 is 0. The van der Waals surface area contributed by atoms with E-state index in [1.54, 1.807) is 0 Å². The van der Waals surface area contributed by atoms with E-state index in [-0.39, 0.29) is 6.42 Å². The van der Waals surface area contributed by atoms with Crippen molar-refractivity contribution in [2.75, 3.05) is 6.61 Å². The molecule has 1 saturated heterocycles. The fraction of sp³-hybridized carbons (Fsp3) is 0.833. The van der Waals surface area contributed by atoms with Gasteiger partial charge in [-0.25, -0.2) is 4.79 Å². The molecule has 0 bridgehead atoms. The molecule has 0 amide bonds. The Kier molecular flexibility index (Phi) is 2.43. The summed E-state index contributed by atoms with van der Waals surface area (Å²) in [6.45, 7) is -0.417. The van der Waals surface area contributed by atoms with Gasteiger partial charge in [-0.15, -0.1) is 0 Å². The van der Waals surface area contributed by atoms with E-state index >= 15 is 0 Å². The molecule has 0 aromatic rings. The van der Waals surface area contributed by atoms with Gasteiger partial charge in [-0.05, 0) is 0 Å². The van der Waals surface area contributed by atoms with Crippen molar-refractivity contribution in [3.8, 4) is 0 Å². The highest BCUT2D eigenvalue weighted by atomic mass is 16.6. The number of esters is 1. The third kappa shape index (κ3) is 1.68. The SMILES string of the molecule is O=C1O[C@@H](CO)C(O)CC1O. The van der Waals surface area contributed by atoms with E-state index in [1.165, 1.54) is 0 Å². The molecule has 1 heterocycles. The zero-order chi connectivity index (χ0) is 8.43. The molecule has 11 heavy (non-hydrogen) atoms. The fourth-order valence-electron chi connectivity index (χ4n) is 0.942. The van der Waals surface area contributed by atoms with Crippen LogP contribution in [0.25, 0.3) is 0 Å². The first-order valence-electron chi connectivity index (χ1n) is 3.32. The second kappa shape index (κ2) is 3.17. The Morgan fingerprint density at radius 3 is 2.73 bits per heavy atom. The van der Waals surface area contributed by atoms with Crippen molar-refractivity contribution in [1.82, 2.24) is 0 Å². The number of cyclic esters (lactones) is 1. The maximum Gasteiger partial charge on any atom is 0.335 e. The number of hydrogen-bond donors (Lipinski definition) is 3. The Bertz CT molecular complexity index is 157. The van der Waals surface area contributed by atoms with Gasteiger partial charge in [-0.2, -0.15) is 0 Å². The Balaban J connectivity index is 2.54. The van der Waals surface area contributed by atoms with Crippen molar-refractivity contribution < 1.29 is 24.9 Å². The lowest BCUT2D eigenvalue weighted by Gasteiger charge is -2.28. The molecule has 0 spiro atoms. The molecule has 1 fully saturated rings. The minimum atomic E-state index is -1.26. The summed E-state index contributed by atoms with van der Waals surface area (Å²) in [7, 11) is 0. The fourth-order valence-corrected chi connectivity index (χ4v) is 0.942. The van der Waals surface area contributed by atoms with Crippen LogP contribution in [-0.2, 0) is 9.53 Å². The lowest BCUT2D eigenvalue weighted by atomic mass is 10.0. The molecule has 1 rings (SSSR count). The normalized spacial score (nSPS) is 38.5. The Morgan fingerprint density at radius 2 is 2.18 bits per heavy atom. The van der Waals surface area contributed by atoms with E-state index in [0.717, 1.165) is 0 Å². The molecule has 5 heteroatoms. The molecular weight excluding hydrogens is 152 g/mol. The van der Waals surface area contributed by atoms with Gasteiger partial charge in [0.2, 0.25) is 0 Å². The largest absolute Gasteiger partial charge is 0.455 e. The zero-order valence-electron chi connectivity index (χ0n) is 5.80. The van der Waals surface area contributed by atoms with Crippen LogP contribution in [0.1, 0.15) is 6.42 Å². The summed E-state index contributed by atoms with van der Waals surface area (Å²) in [5.74, 6) is -0.783. The second-order valence-electron chi connectivity index (χ2n) is 2.48. The van der Waals surface area contributed by atoms with Gasteiger partial charge in [0.05, 0.1) is 12.7 Å². The van der Waals surface area contributed by atoms with Crippen molar-refractivity contribution in [3.05, 3.63) is 0 Å². The maximum atomic E-state index is 10.6. The molecule has 3 atom stereocenters. The first kappa shape index (κ1) is 8.45. The van der Waals surface area contributed by atoms with Crippen molar-refractivity contribution in [2.45, 2.75) is 24.7 Å². The molecule has 3 N–H and O–H groups in total. The van der Waals surface area contributed by atoms with E-state index in [2.05, 4.69) is 4.74 Å². The predicted octanol–water partition coefficient (Wildman–Crippen LogP) is -1.98. The third-order valence-electron chi connectivity index (χ3n) is 1.61. The van der Waals surface area contributed by atoms with Crippen LogP contribution in [0.3, 0.4) is 0 Å². The van der Waals surface area contributed by atoms with E-state index in [1.807, 2.05) is 0 Å². The topological polar surface area (TPSA) is 87.0 Å². The minimum Gasteiger partial charge on any atom is -0.455 e. The highest BCUT2D eigenvalue weighted by Gasteiger charge is 2.34. The Morgan fingerprint density at radius 1 is 1.55 bits per heavy atom. The summed E-state index contributed by atoms with van der Waals surface area (Å²) in [5.41, 5.74) is 0. The Labute approximate surface area is 63.2 Å². The second-order valence-corrected chi connectivity index (χ2v) is 2.48. The summed E-state index contributed by atoms with van der Waals surface area (Å²) in [4.78, 5) is 10.6. The van der Waals surface area contributed by atoms with Crippen molar-refractivity contribution in [2.24, 2.45) is 0 Å². The van der Waals surface area contributed by atoms with Crippen LogP contribution in [0.4, 0.5) is 0 Å². The smallest absolute Gasteiger partial charge is 0.335 e. The molecule has 64 valence electrons. The van der Waals surface area contributed by atoms with E-state index in [9.17, 15) is 4.79 Å². The maximum absolute atomic E-state index is 10.6. The Hall–Kier alpha value is -0.650. The average molecular weight is 162 g/mol. The molecular formula is C6H10O5. The summed E-state index contributed by atoms with van der Waals surface area (Å²) in [5, 5.41) is 26.5. The number of hydrogen-bond acceptors (Lipinski definition) is 5. The van der Waals surface area contributed by atoms with Gasteiger partial charge >= 0.3 is 5.97 Å². The standard InChI is InChI=1S/C6H10O5/c7-2-5-3(8)1-4(9)6(10)11-5/h3-5,7-9H,1-2H2/t3?,4?,5-/m0/s1. The number of carbonyl (C=O) groups is 1. The van der Waals surface area contributed by atoms with Gasteiger partial charge in [-0.1, -0.05) is 0 Å². The van der Waals surface area contributed by atoms with E-state index in [0.29, 0.717) is 0 Å². The van der Waals surface area contributed by atoms with Crippen LogP contribution < -0.4 is 0 Å². The first-order chi connectivity index (χ1) is 5.15. The number of rotatable bonds is 1. The molecule has 0 aromatic heterocycles. The van der Waals surface area contributed by atoms with Gasteiger partial charge in [0.25, 0.3) is 0 Å². The number of carbonyl (C=O) groups excluding carboxylic acids is 1. The van der Waals surface area contributed by atoms with E-state index < -0.39 is 30.9 Å². The quantitative estimate of drug-likeness (QED) is 0.389.